The molecule has 0 bridgehead atoms. The molecule has 3 aromatic carbocycles. The molecule has 0 aliphatic heterocycles. The zero-order valence-electron chi connectivity index (χ0n) is 26.2. The quantitative estimate of drug-likeness (QED) is 0.270. The predicted octanol–water partition coefficient (Wildman–Crippen LogP) is 7.00. The first-order valence-electron chi connectivity index (χ1n) is 14.7. The van der Waals surface area contributed by atoms with E-state index in [0.717, 1.165) is 5.56 Å². The number of aromatic nitrogens is 1. The highest BCUT2D eigenvalue weighted by molar-refractivity contribution is 6.14. The first kappa shape index (κ1) is 11.3. The Balaban J connectivity index is 1.76. The van der Waals surface area contributed by atoms with Crippen LogP contribution in [-0.2, 0) is 12.5 Å². The van der Waals surface area contributed by atoms with E-state index in [1.165, 1.54) is 0 Å². The number of pyridine rings is 1. The third-order valence-corrected chi connectivity index (χ3v) is 6.40. The van der Waals surface area contributed by atoms with Gasteiger partial charge in [0.2, 0.25) is 5.69 Å². The second-order valence-electron chi connectivity index (χ2n) is 8.31. The second-order valence-corrected chi connectivity index (χ2v) is 8.31. The van der Waals surface area contributed by atoms with Crippen molar-refractivity contribution in [2.75, 3.05) is 0 Å². The molecule has 0 atom stereocenters. The third kappa shape index (κ3) is 2.36. The molecule has 2 aromatic heterocycles. The molecule has 0 N–H and O–H groups in total. The molecule has 6 rings (SSSR count). The largest absolute Gasteiger partial charge is 0.455 e. The van der Waals surface area contributed by atoms with Gasteiger partial charge in [0, 0.05) is 40.2 Å². The molecule has 5 aromatic rings. The van der Waals surface area contributed by atoms with Gasteiger partial charge in [-0.15, -0.1) is 0 Å². The summed E-state index contributed by atoms with van der Waals surface area (Å²) >= 11 is 0. The molecule has 152 valence electrons. The summed E-state index contributed by atoms with van der Waals surface area (Å²) in [6.45, 7) is -6.15. The van der Waals surface area contributed by atoms with Gasteiger partial charge in [0.1, 0.15) is 18.2 Å². The van der Waals surface area contributed by atoms with Gasteiger partial charge in [0.25, 0.3) is 0 Å². The zero-order valence-corrected chi connectivity index (χ0v) is 17.2. The molecule has 0 saturated heterocycles. The summed E-state index contributed by atoms with van der Waals surface area (Å²) in [4.78, 5) is 0. The summed E-state index contributed by atoms with van der Waals surface area (Å²) in [6, 6.07) is 17.3. The molecule has 31 heavy (non-hydrogen) atoms. The number of furan rings is 1. The number of hydrogen-bond acceptors (Lipinski definition) is 1. The maximum atomic E-state index is 8.63. The number of benzene rings is 3. The molecule has 2 heteroatoms. The molecule has 2 heterocycles. The monoisotopic (exact) mass is 413 g/mol. The Kier molecular flexibility index (Phi) is 2.21. The Hall–Kier alpha value is -3.39. The Labute approximate surface area is 195 Å². The molecule has 0 fully saturated rings. The fraction of sp³-hybridized carbons (Fsp3) is 0.207. The fourth-order valence-corrected chi connectivity index (χ4v) is 5.01. The van der Waals surface area contributed by atoms with Crippen LogP contribution < -0.4 is 4.57 Å². The molecule has 0 unspecified atom stereocenters. The van der Waals surface area contributed by atoms with Gasteiger partial charge in [0.15, 0.2) is 6.20 Å². The predicted molar refractivity (Wildman–Crippen MR) is 127 cm³/mol. The van der Waals surface area contributed by atoms with Gasteiger partial charge < -0.3 is 4.42 Å². The average molecular weight is 414 g/mol. The molecule has 0 amide bonds. The molecule has 0 saturated carbocycles. The van der Waals surface area contributed by atoms with Gasteiger partial charge in [-0.25, -0.2) is 4.57 Å². The Morgan fingerprint density at radius 2 is 1.81 bits per heavy atom. The van der Waals surface area contributed by atoms with Crippen LogP contribution >= 0.6 is 0 Å². The minimum atomic E-state index is -2.90. The molecule has 1 aliphatic carbocycles. The average Bonchev–Trinajstić information content (AvgIpc) is 3.37. The van der Waals surface area contributed by atoms with E-state index in [4.69, 9.17) is 16.8 Å². The van der Waals surface area contributed by atoms with E-state index in [9.17, 15) is 0 Å². The Morgan fingerprint density at radius 1 is 0.935 bits per heavy atom. The molecule has 1 aliphatic rings. The third-order valence-electron chi connectivity index (χ3n) is 6.40. The van der Waals surface area contributed by atoms with E-state index in [2.05, 4.69) is 0 Å². The minimum absolute atomic E-state index is 0.198. The number of fused-ring (bicyclic) bond motifs is 7. The van der Waals surface area contributed by atoms with Gasteiger partial charge in [-0.3, -0.25) is 0 Å². The maximum Gasteiger partial charge on any atom is 0.216 e. The topological polar surface area (TPSA) is 17.0 Å². The summed E-state index contributed by atoms with van der Waals surface area (Å²) in [5, 5.41) is 1.05. The smallest absolute Gasteiger partial charge is 0.216 e. The van der Waals surface area contributed by atoms with Crippen LogP contribution in [0.4, 0.5) is 0 Å². The van der Waals surface area contributed by atoms with Gasteiger partial charge >= 0.3 is 0 Å². The van der Waals surface area contributed by atoms with Crippen LogP contribution in [0.2, 0.25) is 0 Å². The lowest BCUT2D eigenvalue weighted by molar-refractivity contribution is -0.660. The van der Waals surface area contributed by atoms with Crippen LogP contribution in [0.5, 0.6) is 0 Å². The fourth-order valence-electron chi connectivity index (χ4n) is 5.01. The Morgan fingerprint density at radius 3 is 2.61 bits per heavy atom. The Bertz CT molecular complexity index is 1830. The van der Waals surface area contributed by atoms with Crippen LogP contribution in [0.15, 0.2) is 71.3 Å². The lowest BCUT2D eigenvalue weighted by Crippen LogP contribution is -2.31. The first-order valence-corrected chi connectivity index (χ1v) is 10.2. The van der Waals surface area contributed by atoms with Crippen molar-refractivity contribution in [3.05, 3.63) is 89.1 Å². The van der Waals surface area contributed by atoms with Crippen molar-refractivity contribution in [1.82, 2.24) is 0 Å². The maximum absolute atomic E-state index is 8.63. The van der Waals surface area contributed by atoms with Crippen LogP contribution in [-0.4, -0.2) is 0 Å². The summed E-state index contributed by atoms with van der Waals surface area (Å²) in [7, 11) is 1.76. The van der Waals surface area contributed by atoms with Crippen molar-refractivity contribution in [3.8, 4) is 22.4 Å². The number of hydrogen-bond donors (Lipinski definition) is 0. The summed E-state index contributed by atoms with van der Waals surface area (Å²) in [6.07, 6.45) is 1.56. The van der Waals surface area contributed by atoms with E-state index in [0.29, 0.717) is 44.3 Å². The van der Waals surface area contributed by atoms with Gasteiger partial charge in [-0.1, -0.05) is 56.2 Å². The molecule has 2 nitrogen and oxygen atoms in total. The molecule has 0 spiro atoms. The van der Waals surface area contributed by atoms with Crippen molar-refractivity contribution >= 4 is 21.9 Å². The van der Waals surface area contributed by atoms with Gasteiger partial charge in [-0.05, 0) is 53.7 Å². The highest BCUT2D eigenvalue weighted by Gasteiger charge is 2.38. The number of aryl methyl sites for hydroxylation is 3. The normalized spacial score (nSPS) is 19.7. The molecular weight excluding hydrogens is 378 g/mol. The SMILES string of the molecule is [2H]C([2H])([2H])c1ccc(-c2c(C)ccc3c2oc2ccc4c(c23)C(C([2H])([2H])[2H])(C([2H])([2H])[2H])c2ccccc2-4)[n+](C)c1. The highest BCUT2D eigenvalue weighted by atomic mass is 16.3. The molecular formula is C29H26NO+. The van der Waals surface area contributed by atoms with Crippen molar-refractivity contribution in [2.24, 2.45) is 7.05 Å². The van der Waals surface area contributed by atoms with Crippen LogP contribution in [0.1, 0.15) is 48.3 Å². The van der Waals surface area contributed by atoms with Crippen molar-refractivity contribution < 1.29 is 21.3 Å². The second kappa shape index (κ2) is 6.07. The van der Waals surface area contributed by atoms with Crippen LogP contribution in [0.25, 0.3) is 44.3 Å². The van der Waals surface area contributed by atoms with Crippen LogP contribution in [0.3, 0.4) is 0 Å². The summed E-state index contributed by atoms with van der Waals surface area (Å²) in [5.41, 5.74) is 2.69. The summed E-state index contributed by atoms with van der Waals surface area (Å²) < 4.78 is 83.2. The standard InChI is InChI=1S/C29H26NO/c1-17-10-14-23(30(5)16-17)25-18(2)11-12-21-26-24(31-28(21)25)15-13-20-19-8-6-7-9-22(19)29(3,4)27(20)26/h6-16H,1-5H3/q+1/i1D3,3D3,4D3. The number of rotatable bonds is 1. The van der Waals surface area contributed by atoms with Crippen molar-refractivity contribution in [1.29, 1.82) is 0 Å². The first-order chi connectivity index (χ1) is 18.6. The van der Waals surface area contributed by atoms with Crippen molar-refractivity contribution in [2.45, 2.75) is 32.9 Å². The number of nitrogens with zero attached hydrogens (tertiary/aromatic N) is 1. The molecule has 0 radical (unpaired) electrons. The van der Waals surface area contributed by atoms with Gasteiger partial charge in [-0.2, -0.15) is 0 Å². The van der Waals surface area contributed by atoms with E-state index >= 15 is 0 Å². The lowest BCUT2D eigenvalue weighted by Gasteiger charge is -2.22. The van der Waals surface area contributed by atoms with E-state index < -0.39 is 26.0 Å². The zero-order chi connectivity index (χ0) is 29.0. The highest BCUT2D eigenvalue weighted by Crippen LogP contribution is 2.53. The van der Waals surface area contributed by atoms with E-state index in [1.807, 2.05) is 19.1 Å². The summed E-state index contributed by atoms with van der Waals surface area (Å²) in [5.74, 6) is 0. The minimum Gasteiger partial charge on any atom is -0.455 e. The van der Waals surface area contributed by atoms with Crippen LogP contribution in [0, 0.1) is 13.8 Å². The lowest BCUT2D eigenvalue weighted by atomic mass is 9.80. The van der Waals surface area contributed by atoms with E-state index in [-0.39, 0.29) is 16.7 Å². The van der Waals surface area contributed by atoms with E-state index in [1.54, 1.807) is 66.3 Å². The van der Waals surface area contributed by atoms with Crippen molar-refractivity contribution in [3.63, 3.8) is 0 Å². The van der Waals surface area contributed by atoms with Gasteiger partial charge in [0.05, 0.1) is 5.56 Å².